The van der Waals surface area contributed by atoms with Gasteiger partial charge in [-0.25, -0.2) is 0 Å². The number of unbranched alkanes of at least 4 members (excludes halogenated alkanes) is 3. The molecular formula is C13H23N. The van der Waals surface area contributed by atoms with Crippen molar-refractivity contribution < 1.29 is 0 Å². The maximum atomic E-state index is 8.48. The summed E-state index contributed by atoms with van der Waals surface area (Å²) in [5, 5.41) is 8.48. The van der Waals surface area contributed by atoms with Crippen LogP contribution in [0, 0.1) is 17.2 Å². The van der Waals surface area contributed by atoms with Gasteiger partial charge in [-0.15, -0.1) is 0 Å². The molecule has 1 atom stereocenters. The van der Waals surface area contributed by atoms with Crippen LogP contribution in [0.25, 0.3) is 0 Å². The number of nitriles is 1. The minimum absolute atomic E-state index is 0.640. The average Bonchev–Trinajstić information content (AvgIpc) is 2.21. The molecule has 0 fully saturated rings. The van der Waals surface area contributed by atoms with Crippen molar-refractivity contribution in [3.63, 3.8) is 0 Å². The van der Waals surface area contributed by atoms with E-state index in [1.165, 1.54) is 44.9 Å². The molecule has 0 aliphatic rings. The van der Waals surface area contributed by atoms with E-state index >= 15 is 0 Å². The number of hydrogen-bond acceptors (Lipinski definition) is 1. The van der Waals surface area contributed by atoms with E-state index in [1.54, 1.807) is 6.08 Å². The highest BCUT2D eigenvalue weighted by Crippen LogP contribution is 2.17. The molecule has 1 nitrogen and oxygen atoms in total. The summed E-state index contributed by atoms with van der Waals surface area (Å²) in [6.45, 7) is 4.45. The Morgan fingerprint density at radius 2 is 1.71 bits per heavy atom. The lowest BCUT2D eigenvalue weighted by molar-refractivity contribution is 0.489. The van der Waals surface area contributed by atoms with E-state index in [1.807, 2.05) is 0 Å². The predicted molar refractivity (Wildman–Crippen MR) is 61.9 cm³/mol. The third kappa shape index (κ3) is 7.86. The molecule has 0 spiro atoms. The van der Waals surface area contributed by atoms with Crippen molar-refractivity contribution >= 4 is 0 Å². The number of allylic oxidation sites excluding steroid dienone is 2. The van der Waals surface area contributed by atoms with Gasteiger partial charge in [0.15, 0.2) is 0 Å². The van der Waals surface area contributed by atoms with E-state index in [2.05, 4.69) is 26.0 Å². The first kappa shape index (κ1) is 13.2. The molecular weight excluding hydrogens is 170 g/mol. The van der Waals surface area contributed by atoms with Crippen molar-refractivity contribution in [2.45, 2.75) is 58.8 Å². The molecule has 0 radical (unpaired) electrons. The van der Waals surface area contributed by atoms with Gasteiger partial charge in [-0.1, -0.05) is 52.0 Å². The monoisotopic (exact) mass is 193 g/mol. The van der Waals surface area contributed by atoms with Crippen molar-refractivity contribution in [3.05, 3.63) is 12.2 Å². The minimum atomic E-state index is 0.640. The Balaban J connectivity index is 3.73. The van der Waals surface area contributed by atoms with E-state index in [0.29, 0.717) is 5.92 Å². The summed E-state index contributed by atoms with van der Waals surface area (Å²) in [5.41, 5.74) is 0. The van der Waals surface area contributed by atoms with E-state index in [4.69, 9.17) is 5.26 Å². The van der Waals surface area contributed by atoms with Gasteiger partial charge >= 0.3 is 0 Å². The average molecular weight is 193 g/mol. The molecule has 0 saturated heterocycles. The molecule has 80 valence electrons. The first-order chi connectivity index (χ1) is 6.85. The van der Waals surface area contributed by atoms with Gasteiger partial charge in [-0.3, -0.25) is 0 Å². The Kier molecular flexibility index (Phi) is 9.74. The molecule has 0 N–H and O–H groups in total. The minimum Gasteiger partial charge on any atom is -0.193 e. The van der Waals surface area contributed by atoms with E-state index in [9.17, 15) is 0 Å². The number of hydrogen-bond donors (Lipinski definition) is 0. The molecule has 0 unspecified atom stereocenters. The van der Waals surface area contributed by atoms with Gasteiger partial charge in [0.2, 0.25) is 0 Å². The summed E-state index contributed by atoms with van der Waals surface area (Å²) in [6, 6.07) is 2.08. The Morgan fingerprint density at radius 3 is 2.29 bits per heavy atom. The van der Waals surface area contributed by atoms with E-state index in [-0.39, 0.29) is 0 Å². The van der Waals surface area contributed by atoms with Crippen molar-refractivity contribution in [2.24, 2.45) is 5.92 Å². The summed E-state index contributed by atoms with van der Waals surface area (Å²) in [4.78, 5) is 0. The molecule has 0 aromatic heterocycles. The Labute approximate surface area is 88.8 Å². The molecule has 0 rings (SSSR count). The summed E-state index contributed by atoms with van der Waals surface area (Å²) in [5.74, 6) is 0.640. The van der Waals surface area contributed by atoms with Crippen LogP contribution in [0.3, 0.4) is 0 Å². The van der Waals surface area contributed by atoms with Crippen molar-refractivity contribution in [1.29, 1.82) is 5.26 Å². The molecule has 0 aliphatic heterocycles. The van der Waals surface area contributed by atoms with Crippen LogP contribution in [0.1, 0.15) is 58.8 Å². The van der Waals surface area contributed by atoms with Crippen LogP contribution in [0.15, 0.2) is 12.2 Å². The van der Waals surface area contributed by atoms with E-state index < -0.39 is 0 Å². The third-order valence-corrected chi connectivity index (χ3v) is 2.55. The maximum Gasteiger partial charge on any atom is 0.0908 e. The Bertz CT molecular complexity index is 176. The Morgan fingerprint density at radius 1 is 1.07 bits per heavy atom. The third-order valence-electron chi connectivity index (χ3n) is 2.55. The Hall–Kier alpha value is -0.770. The summed E-state index contributed by atoms with van der Waals surface area (Å²) in [6.07, 6.45) is 12.7. The lowest BCUT2D eigenvalue weighted by Crippen LogP contribution is -1.96. The molecule has 1 heteroatoms. The first-order valence-electron chi connectivity index (χ1n) is 5.91. The molecule has 0 bridgehead atoms. The number of nitrogens with zero attached hydrogens (tertiary/aromatic N) is 1. The van der Waals surface area contributed by atoms with Gasteiger partial charge in [-0.05, 0) is 18.8 Å². The van der Waals surface area contributed by atoms with Gasteiger partial charge in [-0.2, -0.15) is 5.26 Å². The normalized spacial score (nSPS) is 12.9. The highest BCUT2D eigenvalue weighted by molar-refractivity contribution is 5.03. The van der Waals surface area contributed by atoms with Crippen LogP contribution >= 0.6 is 0 Å². The van der Waals surface area contributed by atoms with Crippen LogP contribution in [-0.2, 0) is 0 Å². The van der Waals surface area contributed by atoms with Gasteiger partial charge in [0.25, 0.3) is 0 Å². The quantitative estimate of drug-likeness (QED) is 0.412. The fourth-order valence-corrected chi connectivity index (χ4v) is 1.64. The fraction of sp³-hybridized carbons (Fsp3) is 0.769. The lowest BCUT2D eigenvalue weighted by atomic mass is 9.95. The fourth-order valence-electron chi connectivity index (χ4n) is 1.64. The largest absolute Gasteiger partial charge is 0.193 e. The van der Waals surface area contributed by atoms with Gasteiger partial charge in [0, 0.05) is 6.08 Å². The lowest BCUT2D eigenvalue weighted by Gasteiger charge is -2.10. The van der Waals surface area contributed by atoms with Crippen LogP contribution in [0.5, 0.6) is 0 Å². The molecule has 0 heterocycles. The van der Waals surface area contributed by atoms with Gasteiger partial charge < -0.3 is 0 Å². The van der Waals surface area contributed by atoms with Crippen LogP contribution < -0.4 is 0 Å². The van der Waals surface area contributed by atoms with Crippen molar-refractivity contribution in [2.75, 3.05) is 0 Å². The standard InChI is InChI=1S/C13H23N/c1-3-5-7-10-13(9-6-4-2)11-8-12-14/h8,11,13H,3-7,9-10H2,1-2H3/b11-8-/t13-/m1/s1. The molecule has 14 heavy (non-hydrogen) atoms. The smallest absolute Gasteiger partial charge is 0.0908 e. The second kappa shape index (κ2) is 10.3. The van der Waals surface area contributed by atoms with Gasteiger partial charge in [0.05, 0.1) is 6.07 Å². The molecule has 0 aliphatic carbocycles. The van der Waals surface area contributed by atoms with Crippen LogP contribution in [-0.4, -0.2) is 0 Å². The summed E-state index contributed by atoms with van der Waals surface area (Å²) in [7, 11) is 0. The molecule has 0 aromatic carbocycles. The molecule has 0 saturated carbocycles. The zero-order valence-electron chi connectivity index (χ0n) is 9.63. The second-order valence-corrected chi connectivity index (χ2v) is 3.89. The van der Waals surface area contributed by atoms with Crippen molar-refractivity contribution in [1.82, 2.24) is 0 Å². The highest BCUT2D eigenvalue weighted by Gasteiger charge is 2.03. The zero-order valence-corrected chi connectivity index (χ0v) is 9.63. The number of rotatable bonds is 8. The molecule has 0 aromatic rings. The summed E-state index contributed by atoms with van der Waals surface area (Å²) < 4.78 is 0. The van der Waals surface area contributed by atoms with Crippen LogP contribution in [0.2, 0.25) is 0 Å². The van der Waals surface area contributed by atoms with Crippen molar-refractivity contribution in [3.8, 4) is 6.07 Å². The van der Waals surface area contributed by atoms with Crippen LogP contribution in [0.4, 0.5) is 0 Å². The van der Waals surface area contributed by atoms with E-state index in [0.717, 1.165) is 0 Å². The predicted octanol–water partition coefficient (Wildman–Crippen LogP) is 4.45. The highest BCUT2D eigenvalue weighted by atomic mass is 14.2. The first-order valence-corrected chi connectivity index (χ1v) is 5.91. The SMILES string of the molecule is CCCCC[C@H](/C=C\C#N)CCCC. The zero-order chi connectivity index (χ0) is 10.6. The maximum absolute atomic E-state index is 8.48. The summed E-state index contributed by atoms with van der Waals surface area (Å²) >= 11 is 0. The van der Waals surface area contributed by atoms with Gasteiger partial charge in [0.1, 0.15) is 0 Å². The molecule has 0 amide bonds. The second-order valence-electron chi connectivity index (χ2n) is 3.89. The topological polar surface area (TPSA) is 23.8 Å².